The van der Waals surface area contributed by atoms with Gasteiger partial charge < -0.3 is 5.11 Å². The lowest BCUT2D eigenvalue weighted by molar-refractivity contribution is -0.147. The van der Waals surface area contributed by atoms with Crippen LogP contribution in [0.2, 0.25) is 0 Å². The van der Waals surface area contributed by atoms with E-state index in [9.17, 15) is 24.3 Å². The molecule has 8 nitrogen and oxygen atoms in total. The van der Waals surface area contributed by atoms with Gasteiger partial charge in [0, 0.05) is 13.3 Å². The highest BCUT2D eigenvalue weighted by atomic mass is 16.4. The third-order valence-corrected chi connectivity index (χ3v) is 5.77. The Morgan fingerprint density at radius 1 is 1.10 bits per heavy atom. The number of hydrogen-bond donors (Lipinski definition) is 2. The van der Waals surface area contributed by atoms with Gasteiger partial charge in [0.05, 0.1) is 12.1 Å². The summed E-state index contributed by atoms with van der Waals surface area (Å²) >= 11 is 0. The van der Waals surface area contributed by atoms with E-state index in [0.717, 1.165) is 21.7 Å². The molecule has 160 valence electrons. The Bertz CT molecular complexity index is 1050. The normalized spacial score (nSPS) is 19.4. The van der Waals surface area contributed by atoms with Crippen LogP contribution >= 0.6 is 0 Å². The molecule has 2 N–H and O–H groups in total. The molecule has 3 amide bonds. The minimum Gasteiger partial charge on any atom is -0.480 e. The minimum atomic E-state index is -1.10. The van der Waals surface area contributed by atoms with Crippen molar-refractivity contribution in [2.45, 2.75) is 44.7 Å². The van der Waals surface area contributed by atoms with Crippen molar-refractivity contribution >= 4 is 29.4 Å². The fourth-order valence-electron chi connectivity index (χ4n) is 4.38. The number of carboxylic acid groups (broad SMARTS) is 1. The van der Waals surface area contributed by atoms with Crippen molar-refractivity contribution in [1.82, 2.24) is 10.4 Å². The average Bonchev–Trinajstić information content (AvgIpc) is 3.07. The Kier molecular flexibility index (Phi) is 5.46. The molecule has 0 radical (unpaired) electrons. The number of aryl methyl sites for hydroxylation is 1. The summed E-state index contributed by atoms with van der Waals surface area (Å²) in [4.78, 5) is 51.7. The molecular formula is C23H23N3O5. The van der Waals surface area contributed by atoms with Gasteiger partial charge in [0.2, 0.25) is 11.8 Å². The van der Waals surface area contributed by atoms with Crippen molar-refractivity contribution in [3.05, 3.63) is 65.2 Å². The molecule has 31 heavy (non-hydrogen) atoms. The van der Waals surface area contributed by atoms with Crippen LogP contribution in [-0.2, 0) is 38.4 Å². The van der Waals surface area contributed by atoms with E-state index in [0.29, 0.717) is 12.1 Å². The number of carbonyl (C=O) groups excluding carboxylic acids is 3. The molecule has 2 heterocycles. The monoisotopic (exact) mass is 421 g/mol. The molecule has 0 aliphatic carbocycles. The molecule has 0 unspecified atom stereocenters. The van der Waals surface area contributed by atoms with Gasteiger partial charge in [-0.1, -0.05) is 48.5 Å². The van der Waals surface area contributed by atoms with E-state index in [1.54, 1.807) is 12.1 Å². The molecule has 8 heteroatoms. The van der Waals surface area contributed by atoms with Crippen molar-refractivity contribution < 1.29 is 24.3 Å². The van der Waals surface area contributed by atoms with Crippen molar-refractivity contribution in [1.29, 1.82) is 0 Å². The van der Waals surface area contributed by atoms with Gasteiger partial charge in [-0.15, -0.1) is 0 Å². The lowest BCUT2D eigenvalue weighted by atomic mass is 10.0. The summed E-state index contributed by atoms with van der Waals surface area (Å²) in [5, 5.41) is 10.8. The van der Waals surface area contributed by atoms with Gasteiger partial charge >= 0.3 is 5.97 Å². The van der Waals surface area contributed by atoms with Gasteiger partial charge in [0.15, 0.2) is 0 Å². The predicted octanol–water partition coefficient (Wildman–Crippen LogP) is 1.47. The fourth-order valence-corrected chi connectivity index (χ4v) is 4.38. The molecule has 0 saturated heterocycles. The zero-order chi connectivity index (χ0) is 22.1. The summed E-state index contributed by atoms with van der Waals surface area (Å²) in [5.41, 5.74) is 5.66. The summed E-state index contributed by atoms with van der Waals surface area (Å²) in [5.74, 6) is -2.50. The van der Waals surface area contributed by atoms with E-state index in [2.05, 4.69) is 5.43 Å². The number of nitrogens with zero attached hydrogens (tertiary/aromatic N) is 2. The minimum absolute atomic E-state index is 0.0529. The molecule has 0 fully saturated rings. The molecule has 0 saturated carbocycles. The topological polar surface area (TPSA) is 107 Å². The molecule has 2 aromatic carbocycles. The number of carboxylic acids is 1. The molecular weight excluding hydrogens is 398 g/mol. The van der Waals surface area contributed by atoms with Gasteiger partial charge in [0.1, 0.15) is 12.1 Å². The summed E-state index contributed by atoms with van der Waals surface area (Å²) < 4.78 is 0. The standard InChI is InChI=1S/C23H23N3O5/c1-14(27)26(24-20(28)12-15-6-3-2-4-7-15)18-11-10-16-8-5-9-17-13-19(23(30)31)25(21(16)17)22(18)29/h2-9,18-19H,10-13H2,1H3,(H,24,28)(H,30,31)/t18-,19-/m0/s1. The van der Waals surface area contributed by atoms with Crippen molar-refractivity contribution in [3.63, 3.8) is 0 Å². The predicted molar refractivity (Wildman–Crippen MR) is 112 cm³/mol. The number of para-hydroxylation sites is 1. The van der Waals surface area contributed by atoms with E-state index in [1.165, 1.54) is 11.8 Å². The zero-order valence-electron chi connectivity index (χ0n) is 17.1. The van der Waals surface area contributed by atoms with Crippen LogP contribution in [0.25, 0.3) is 0 Å². The fraction of sp³-hybridized carbons (Fsp3) is 0.304. The van der Waals surface area contributed by atoms with Gasteiger partial charge in [-0.2, -0.15) is 0 Å². The van der Waals surface area contributed by atoms with E-state index in [1.807, 2.05) is 36.4 Å². The largest absolute Gasteiger partial charge is 0.480 e. The molecule has 4 rings (SSSR count). The van der Waals surface area contributed by atoms with Gasteiger partial charge in [-0.25, -0.2) is 9.80 Å². The third kappa shape index (κ3) is 3.88. The van der Waals surface area contributed by atoms with E-state index < -0.39 is 35.8 Å². The lowest BCUT2D eigenvalue weighted by Crippen LogP contribution is -2.59. The zero-order valence-corrected chi connectivity index (χ0v) is 17.1. The molecule has 0 bridgehead atoms. The SMILES string of the molecule is CC(=O)N(NC(=O)Cc1ccccc1)[C@H]1CCc2cccc3c2N(C1=O)[C@H](C(=O)O)C3. The summed E-state index contributed by atoms with van der Waals surface area (Å²) in [7, 11) is 0. The second-order valence-electron chi connectivity index (χ2n) is 7.83. The van der Waals surface area contributed by atoms with Crippen LogP contribution in [0, 0.1) is 0 Å². The highest BCUT2D eigenvalue weighted by molar-refractivity contribution is 6.06. The van der Waals surface area contributed by atoms with Crippen LogP contribution in [-0.4, -0.2) is 45.9 Å². The highest BCUT2D eigenvalue weighted by Gasteiger charge is 2.45. The Balaban J connectivity index is 1.62. The Morgan fingerprint density at radius 2 is 1.81 bits per heavy atom. The first-order chi connectivity index (χ1) is 14.9. The van der Waals surface area contributed by atoms with Crippen molar-refractivity contribution in [2.24, 2.45) is 0 Å². The highest BCUT2D eigenvalue weighted by Crippen LogP contribution is 2.39. The van der Waals surface area contributed by atoms with E-state index >= 15 is 0 Å². The molecule has 0 spiro atoms. The van der Waals surface area contributed by atoms with Crippen LogP contribution in [0.4, 0.5) is 5.69 Å². The lowest BCUT2D eigenvalue weighted by Gasteiger charge is -2.32. The maximum absolute atomic E-state index is 13.5. The quantitative estimate of drug-likeness (QED) is 0.727. The Hall–Kier alpha value is -3.68. The second-order valence-corrected chi connectivity index (χ2v) is 7.83. The number of hydrazine groups is 1. The summed E-state index contributed by atoms with van der Waals surface area (Å²) in [6.07, 6.45) is 1.04. The number of aliphatic carboxylic acids is 1. The van der Waals surface area contributed by atoms with Crippen molar-refractivity contribution in [2.75, 3.05) is 4.90 Å². The summed E-state index contributed by atoms with van der Waals surface area (Å²) in [6, 6.07) is 12.6. The van der Waals surface area contributed by atoms with Crippen LogP contribution in [0.1, 0.15) is 30.0 Å². The number of rotatable bonds is 4. The molecule has 2 atom stereocenters. The van der Waals surface area contributed by atoms with Crippen LogP contribution in [0.15, 0.2) is 48.5 Å². The van der Waals surface area contributed by atoms with E-state index in [4.69, 9.17) is 0 Å². The maximum atomic E-state index is 13.5. The van der Waals surface area contributed by atoms with Gasteiger partial charge in [-0.3, -0.25) is 24.7 Å². The number of carbonyl (C=O) groups is 4. The molecule has 2 aliphatic heterocycles. The van der Waals surface area contributed by atoms with Gasteiger partial charge in [-0.05, 0) is 29.5 Å². The first kappa shape index (κ1) is 20.6. The maximum Gasteiger partial charge on any atom is 0.327 e. The number of nitrogens with one attached hydrogen (secondary N) is 1. The second kappa shape index (κ2) is 8.22. The van der Waals surface area contributed by atoms with Crippen molar-refractivity contribution in [3.8, 4) is 0 Å². The van der Waals surface area contributed by atoms with Crippen LogP contribution in [0.5, 0.6) is 0 Å². The number of amides is 3. The third-order valence-electron chi connectivity index (χ3n) is 5.77. The first-order valence-electron chi connectivity index (χ1n) is 10.2. The molecule has 0 aromatic heterocycles. The van der Waals surface area contributed by atoms with Gasteiger partial charge in [0.25, 0.3) is 5.91 Å². The Labute approximate surface area is 179 Å². The molecule has 2 aliphatic rings. The Morgan fingerprint density at radius 3 is 2.48 bits per heavy atom. The average molecular weight is 421 g/mol. The smallest absolute Gasteiger partial charge is 0.327 e. The molecule has 2 aromatic rings. The number of anilines is 1. The van der Waals surface area contributed by atoms with Crippen LogP contribution in [0.3, 0.4) is 0 Å². The van der Waals surface area contributed by atoms with E-state index in [-0.39, 0.29) is 19.3 Å². The first-order valence-corrected chi connectivity index (χ1v) is 10.2. The summed E-state index contributed by atoms with van der Waals surface area (Å²) in [6.45, 7) is 1.28. The van der Waals surface area contributed by atoms with Crippen LogP contribution < -0.4 is 10.3 Å². The number of hydrogen-bond acceptors (Lipinski definition) is 4. The number of benzene rings is 2.